The highest BCUT2D eigenvalue weighted by molar-refractivity contribution is 5.89. The van der Waals surface area contributed by atoms with E-state index < -0.39 is 0 Å². The molecule has 0 unspecified atom stereocenters. The second-order valence-corrected chi connectivity index (χ2v) is 3.16. The molecule has 2 rings (SSSR count). The van der Waals surface area contributed by atoms with Crippen molar-refractivity contribution in [3.63, 3.8) is 0 Å². The maximum atomic E-state index is 10.8. The Kier molecular flexibility index (Phi) is 2.33. The lowest BCUT2D eigenvalue weighted by Gasteiger charge is -2.00. The van der Waals surface area contributed by atoms with E-state index in [0.29, 0.717) is 5.75 Å². The Hall–Kier alpha value is -1.97. The molecule has 0 saturated carbocycles. The van der Waals surface area contributed by atoms with Crippen LogP contribution in [0.2, 0.25) is 0 Å². The van der Waals surface area contributed by atoms with Crippen molar-refractivity contribution in [2.45, 2.75) is 6.92 Å². The fourth-order valence-electron chi connectivity index (χ4n) is 1.44. The molecule has 4 nitrogen and oxygen atoms in total. The van der Waals surface area contributed by atoms with Crippen molar-refractivity contribution in [2.24, 2.45) is 0 Å². The van der Waals surface area contributed by atoms with Crippen LogP contribution in [0.5, 0.6) is 11.5 Å². The second-order valence-electron chi connectivity index (χ2n) is 3.16. The predicted molar refractivity (Wildman–Crippen MR) is 56.2 cm³/mol. The van der Waals surface area contributed by atoms with E-state index in [4.69, 9.17) is 9.47 Å². The normalized spacial score (nSPS) is 10.3. The van der Waals surface area contributed by atoms with Gasteiger partial charge in [0.05, 0.1) is 12.6 Å². The zero-order chi connectivity index (χ0) is 10.8. The van der Waals surface area contributed by atoms with Crippen molar-refractivity contribution >= 4 is 16.9 Å². The summed E-state index contributed by atoms with van der Waals surface area (Å²) in [6.07, 6.45) is 1.66. The summed E-state index contributed by atoms with van der Waals surface area (Å²) >= 11 is 0. The molecule has 0 fully saturated rings. The lowest BCUT2D eigenvalue weighted by molar-refractivity contribution is -0.131. The third-order valence-corrected chi connectivity index (χ3v) is 2.10. The fraction of sp³-hybridized carbons (Fsp3) is 0.182. The first-order valence-corrected chi connectivity index (χ1v) is 4.54. The molecular weight excluding hydrogens is 194 g/mol. The van der Waals surface area contributed by atoms with Crippen molar-refractivity contribution in [3.8, 4) is 11.5 Å². The molecule has 0 saturated heterocycles. The smallest absolute Gasteiger partial charge is 0.308 e. The van der Waals surface area contributed by atoms with Gasteiger partial charge < -0.3 is 14.5 Å². The van der Waals surface area contributed by atoms with Crippen LogP contribution in [0.4, 0.5) is 0 Å². The highest BCUT2D eigenvalue weighted by Gasteiger charge is 2.07. The van der Waals surface area contributed by atoms with Gasteiger partial charge in [-0.25, -0.2) is 0 Å². The quantitative estimate of drug-likeness (QED) is 0.764. The van der Waals surface area contributed by atoms with Crippen molar-refractivity contribution < 1.29 is 14.3 Å². The molecule has 1 heterocycles. The van der Waals surface area contributed by atoms with Crippen LogP contribution < -0.4 is 9.47 Å². The summed E-state index contributed by atoms with van der Waals surface area (Å²) in [5.41, 5.74) is 0.880. The van der Waals surface area contributed by atoms with E-state index in [1.807, 2.05) is 18.2 Å². The standard InChI is InChI=1S/C11H11NO3/c1-7(13)15-11-6-12-10-5-8(14-2)3-4-9(10)11/h3-6,12H,1-2H3. The minimum Gasteiger partial charge on any atom is -0.497 e. The van der Waals surface area contributed by atoms with Gasteiger partial charge in [0.1, 0.15) is 5.75 Å². The number of aromatic nitrogens is 1. The van der Waals surface area contributed by atoms with Gasteiger partial charge in [-0.05, 0) is 12.1 Å². The summed E-state index contributed by atoms with van der Waals surface area (Å²) in [5.74, 6) is 0.977. The molecule has 0 atom stereocenters. The van der Waals surface area contributed by atoms with Crippen molar-refractivity contribution in [1.29, 1.82) is 0 Å². The molecule has 78 valence electrons. The number of carbonyl (C=O) groups excluding carboxylic acids is 1. The highest BCUT2D eigenvalue weighted by Crippen LogP contribution is 2.28. The first-order chi connectivity index (χ1) is 7.20. The molecule has 0 bridgehead atoms. The van der Waals surface area contributed by atoms with E-state index in [0.717, 1.165) is 16.7 Å². The molecule has 0 aliphatic rings. The lowest BCUT2D eigenvalue weighted by Crippen LogP contribution is -2.00. The van der Waals surface area contributed by atoms with E-state index in [1.165, 1.54) is 6.92 Å². The topological polar surface area (TPSA) is 51.3 Å². The summed E-state index contributed by atoms with van der Waals surface area (Å²) in [4.78, 5) is 13.8. The van der Waals surface area contributed by atoms with Crippen LogP contribution in [0.3, 0.4) is 0 Å². The minimum atomic E-state index is -0.327. The number of rotatable bonds is 2. The van der Waals surface area contributed by atoms with Gasteiger partial charge >= 0.3 is 5.97 Å². The van der Waals surface area contributed by atoms with Crippen LogP contribution >= 0.6 is 0 Å². The van der Waals surface area contributed by atoms with Crippen LogP contribution in [-0.2, 0) is 4.79 Å². The monoisotopic (exact) mass is 205 g/mol. The molecule has 0 spiro atoms. The van der Waals surface area contributed by atoms with E-state index >= 15 is 0 Å². The van der Waals surface area contributed by atoms with E-state index in [2.05, 4.69) is 4.98 Å². The Balaban J connectivity index is 2.47. The number of hydrogen-bond acceptors (Lipinski definition) is 3. The number of ether oxygens (including phenoxy) is 2. The summed E-state index contributed by atoms with van der Waals surface area (Å²) in [6.45, 7) is 1.38. The van der Waals surface area contributed by atoms with E-state index in [-0.39, 0.29) is 5.97 Å². The van der Waals surface area contributed by atoms with Crippen LogP contribution in [0.1, 0.15) is 6.92 Å². The fourth-order valence-corrected chi connectivity index (χ4v) is 1.44. The molecule has 1 N–H and O–H groups in total. The SMILES string of the molecule is COc1ccc2c(OC(C)=O)c[nH]c2c1. The van der Waals surface area contributed by atoms with Gasteiger partial charge in [0.2, 0.25) is 0 Å². The molecule has 4 heteroatoms. The largest absolute Gasteiger partial charge is 0.497 e. The number of benzene rings is 1. The summed E-state index contributed by atoms with van der Waals surface area (Å²) in [7, 11) is 1.61. The number of nitrogens with one attached hydrogen (secondary N) is 1. The Morgan fingerprint density at radius 3 is 2.87 bits per heavy atom. The van der Waals surface area contributed by atoms with Crippen molar-refractivity contribution in [1.82, 2.24) is 4.98 Å². The maximum Gasteiger partial charge on any atom is 0.308 e. The lowest BCUT2D eigenvalue weighted by atomic mass is 10.2. The first kappa shape index (κ1) is 9.58. The molecule has 0 amide bonds. The highest BCUT2D eigenvalue weighted by atomic mass is 16.5. The molecule has 2 aromatic rings. The van der Waals surface area contributed by atoms with E-state index in [1.54, 1.807) is 13.3 Å². The zero-order valence-corrected chi connectivity index (χ0v) is 8.53. The number of fused-ring (bicyclic) bond motifs is 1. The summed E-state index contributed by atoms with van der Waals surface area (Å²) < 4.78 is 10.1. The molecule has 15 heavy (non-hydrogen) atoms. The van der Waals surface area contributed by atoms with Crippen LogP contribution in [0.25, 0.3) is 10.9 Å². The Labute approximate surface area is 86.8 Å². The maximum absolute atomic E-state index is 10.8. The average Bonchev–Trinajstić information content (AvgIpc) is 2.60. The van der Waals surface area contributed by atoms with Crippen LogP contribution in [0, 0.1) is 0 Å². The van der Waals surface area contributed by atoms with Gasteiger partial charge in [-0.3, -0.25) is 4.79 Å². The number of esters is 1. The molecule has 1 aromatic heterocycles. The summed E-state index contributed by atoms with van der Waals surface area (Å²) in [6, 6.07) is 5.52. The van der Waals surface area contributed by atoms with Gasteiger partial charge in [-0.2, -0.15) is 0 Å². The van der Waals surface area contributed by atoms with Gasteiger partial charge in [-0.1, -0.05) is 0 Å². The summed E-state index contributed by atoms with van der Waals surface area (Å²) in [5, 5.41) is 0.867. The Bertz CT molecular complexity index is 502. The minimum absolute atomic E-state index is 0.327. The van der Waals surface area contributed by atoms with Crippen LogP contribution in [-0.4, -0.2) is 18.1 Å². The average molecular weight is 205 g/mol. The number of aromatic amines is 1. The van der Waals surface area contributed by atoms with E-state index in [9.17, 15) is 4.79 Å². The second kappa shape index (κ2) is 3.65. The number of carbonyl (C=O) groups is 1. The van der Waals surface area contributed by atoms with Crippen LogP contribution in [0.15, 0.2) is 24.4 Å². The number of methoxy groups -OCH3 is 1. The van der Waals surface area contributed by atoms with Crippen molar-refractivity contribution in [3.05, 3.63) is 24.4 Å². The molecule has 0 radical (unpaired) electrons. The molecule has 0 aliphatic heterocycles. The first-order valence-electron chi connectivity index (χ1n) is 4.54. The van der Waals surface area contributed by atoms with Gasteiger partial charge in [-0.15, -0.1) is 0 Å². The van der Waals surface area contributed by atoms with Gasteiger partial charge in [0.15, 0.2) is 5.75 Å². The number of hydrogen-bond donors (Lipinski definition) is 1. The third kappa shape index (κ3) is 1.79. The van der Waals surface area contributed by atoms with Crippen molar-refractivity contribution in [2.75, 3.05) is 7.11 Å². The Morgan fingerprint density at radius 1 is 1.40 bits per heavy atom. The predicted octanol–water partition coefficient (Wildman–Crippen LogP) is 2.10. The third-order valence-electron chi connectivity index (χ3n) is 2.10. The number of H-pyrrole nitrogens is 1. The molecule has 1 aromatic carbocycles. The Morgan fingerprint density at radius 2 is 2.20 bits per heavy atom. The zero-order valence-electron chi connectivity index (χ0n) is 8.53. The van der Waals surface area contributed by atoms with Gasteiger partial charge in [0, 0.05) is 24.6 Å². The van der Waals surface area contributed by atoms with Gasteiger partial charge in [0.25, 0.3) is 0 Å². The molecular formula is C11H11NO3. The molecule has 0 aliphatic carbocycles.